The van der Waals surface area contributed by atoms with Crippen LogP contribution in [0, 0.1) is 0 Å². The second kappa shape index (κ2) is 3.80. The normalized spacial score (nSPS) is 27.4. The van der Waals surface area contributed by atoms with Crippen molar-refractivity contribution >= 4 is 9.84 Å². The van der Waals surface area contributed by atoms with E-state index in [-0.39, 0.29) is 11.3 Å². The van der Waals surface area contributed by atoms with E-state index in [1.54, 1.807) is 0 Å². The fourth-order valence-electron chi connectivity index (χ4n) is 1.62. The van der Waals surface area contributed by atoms with Crippen molar-refractivity contribution in [3.8, 4) is 0 Å². The van der Waals surface area contributed by atoms with E-state index in [9.17, 15) is 8.42 Å². The highest BCUT2D eigenvalue weighted by molar-refractivity contribution is 7.91. The molecule has 4 heteroatoms. The minimum absolute atomic E-state index is 0.171. The van der Waals surface area contributed by atoms with Gasteiger partial charge in [-0.3, -0.25) is 4.90 Å². The summed E-state index contributed by atoms with van der Waals surface area (Å²) in [6.45, 7) is 7.27. The molecule has 0 aliphatic carbocycles. The monoisotopic (exact) mass is 203 g/mol. The molecule has 0 spiro atoms. The van der Waals surface area contributed by atoms with Gasteiger partial charge in [0.1, 0.15) is 0 Å². The standard InChI is InChI=1S/C9H17NO2S/c1-4-8(2)10-6-5-9(7-10)13(3,11)12/h4,8-9H,1,5-7H2,2-3H3. The molecular weight excluding hydrogens is 186 g/mol. The summed E-state index contributed by atoms with van der Waals surface area (Å²) in [5.74, 6) is 0. The lowest BCUT2D eigenvalue weighted by atomic mass is 10.3. The molecule has 0 N–H and O–H groups in total. The van der Waals surface area contributed by atoms with E-state index >= 15 is 0 Å². The van der Waals surface area contributed by atoms with Gasteiger partial charge in [0.2, 0.25) is 0 Å². The Morgan fingerprint density at radius 2 is 2.23 bits per heavy atom. The highest BCUT2D eigenvalue weighted by Gasteiger charge is 2.31. The van der Waals surface area contributed by atoms with Gasteiger partial charge in [-0.15, -0.1) is 6.58 Å². The molecule has 0 aromatic heterocycles. The third-order valence-electron chi connectivity index (χ3n) is 2.70. The lowest BCUT2D eigenvalue weighted by Crippen LogP contribution is -2.31. The lowest BCUT2D eigenvalue weighted by Gasteiger charge is -2.20. The van der Waals surface area contributed by atoms with Crippen molar-refractivity contribution in [1.29, 1.82) is 0 Å². The van der Waals surface area contributed by atoms with Gasteiger partial charge >= 0.3 is 0 Å². The van der Waals surface area contributed by atoms with Crippen LogP contribution < -0.4 is 0 Å². The van der Waals surface area contributed by atoms with E-state index < -0.39 is 9.84 Å². The van der Waals surface area contributed by atoms with Crippen LogP contribution in [0.1, 0.15) is 13.3 Å². The van der Waals surface area contributed by atoms with E-state index in [1.165, 1.54) is 6.26 Å². The zero-order chi connectivity index (χ0) is 10.1. The fourth-order valence-corrected chi connectivity index (χ4v) is 2.62. The Morgan fingerprint density at radius 3 is 2.62 bits per heavy atom. The predicted molar refractivity (Wildman–Crippen MR) is 54.5 cm³/mol. The Balaban J connectivity index is 2.60. The van der Waals surface area contributed by atoms with Crippen LogP contribution in [0.5, 0.6) is 0 Å². The van der Waals surface area contributed by atoms with E-state index in [0.29, 0.717) is 6.54 Å². The quantitative estimate of drug-likeness (QED) is 0.633. The zero-order valence-corrected chi connectivity index (χ0v) is 9.05. The average Bonchev–Trinajstić information content (AvgIpc) is 2.50. The van der Waals surface area contributed by atoms with Crippen molar-refractivity contribution in [2.24, 2.45) is 0 Å². The molecule has 1 heterocycles. The van der Waals surface area contributed by atoms with Crippen LogP contribution in [0.25, 0.3) is 0 Å². The molecule has 2 atom stereocenters. The van der Waals surface area contributed by atoms with Gasteiger partial charge in [-0.05, 0) is 13.3 Å². The summed E-state index contributed by atoms with van der Waals surface area (Å²) in [4.78, 5) is 2.15. The second-order valence-electron chi connectivity index (χ2n) is 3.71. The molecule has 1 saturated heterocycles. The van der Waals surface area contributed by atoms with E-state index in [4.69, 9.17) is 0 Å². The van der Waals surface area contributed by atoms with E-state index in [2.05, 4.69) is 11.5 Å². The highest BCUT2D eigenvalue weighted by Crippen LogP contribution is 2.18. The van der Waals surface area contributed by atoms with Crippen LogP contribution >= 0.6 is 0 Å². The number of sulfone groups is 1. The van der Waals surface area contributed by atoms with Gasteiger partial charge in [0.15, 0.2) is 9.84 Å². The molecule has 1 fully saturated rings. The highest BCUT2D eigenvalue weighted by atomic mass is 32.2. The molecule has 76 valence electrons. The molecule has 13 heavy (non-hydrogen) atoms. The number of likely N-dealkylation sites (tertiary alicyclic amines) is 1. The first kappa shape index (κ1) is 10.7. The summed E-state index contributed by atoms with van der Waals surface area (Å²) in [6.07, 6.45) is 3.93. The van der Waals surface area contributed by atoms with Crippen LogP contribution in [0.4, 0.5) is 0 Å². The van der Waals surface area contributed by atoms with E-state index in [0.717, 1.165) is 13.0 Å². The van der Waals surface area contributed by atoms with Gasteiger partial charge in [-0.2, -0.15) is 0 Å². The Morgan fingerprint density at radius 1 is 1.62 bits per heavy atom. The molecule has 1 rings (SSSR count). The van der Waals surface area contributed by atoms with Gasteiger partial charge in [-0.1, -0.05) is 6.08 Å². The van der Waals surface area contributed by atoms with Crippen molar-refractivity contribution < 1.29 is 8.42 Å². The minimum atomic E-state index is -2.85. The molecular formula is C9H17NO2S. The molecule has 0 aromatic rings. The Kier molecular flexibility index (Phi) is 3.14. The summed E-state index contributed by atoms with van der Waals surface area (Å²) in [6, 6.07) is 0.284. The summed E-state index contributed by atoms with van der Waals surface area (Å²) in [7, 11) is -2.85. The van der Waals surface area contributed by atoms with Crippen molar-refractivity contribution in [3.05, 3.63) is 12.7 Å². The predicted octanol–water partition coefficient (Wildman–Crippen LogP) is 0.680. The van der Waals surface area contributed by atoms with Crippen LogP contribution in [0.3, 0.4) is 0 Å². The second-order valence-corrected chi connectivity index (χ2v) is 6.04. The molecule has 0 saturated carbocycles. The maximum absolute atomic E-state index is 11.2. The largest absolute Gasteiger partial charge is 0.296 e. The first-order valence-electron chi connectivity index (χ1n) is 4.50. The molecule has 1 aliphatic heterocycles. The molecule has 0 amide bonds. The zero-order valence-electron chi connectivity index (χ0n) is 8.23. The number of hydrogen-bond acceptors (Lipinski definition) is 3. The SMILES string of the molecule is C=CC(C)N1CCC(S(C)(=O)=O)C1. The van der Waals surface area contributed by atoms with Gasteiger partial charge in [0.05, 0.1) is 5.25 Å². The Hall–Kier alpha value is -0.350. The molecule has 1 aliphatic rings. The molecule has 2 unspecified atom stereocenters. The third-order valence-corrected chi connectivity index (χ3v) is 4.29. The van der Waals surface area contributed by atoms with Gasteiger partial charge in [0.25, 0.3) is 0 Å². The van der Waals surface area contributed by atoms with Crippen LogP contribution in [-0.2, 0) is 9.84 Å². The van der Waals surface area contributed by atoms with Gasteiger partial charge in [0, 0.05) is 25.4 Å². The molecule has 3 nitrogen and oxygen atoms in total. The maximum Gasteiger partial charge on any atom is 0.151 e. The summed E-state index contributed by atoms with van der Waals surface area (Å²) in [5.41, 5.74) is 0. The van der Waals surface area contributed by atoms with E-state index in [1.807, 2.05) is 13.0 Å². The van der Waals surface area contributed by atoms with Crippen LogP contribution in [0.15, 0.2) is 12.7 Å². The summed E-state index contributed by atoms with van der Waals surface area (Å²) >= 11 is 0. The summed E-state index contributed by atoms with van der Waals surface area (Å²) < 4.78 is 22.5. The molecule has 0 bridgehead atoms. The third kappa shape index (κ3) is 2.54. The van der Waals surface area contributed by atoms with Gasteiger partial charge < -0.3 is 0 Å². The molecule has 0 radical (unpaired) electrons. The molecule has 0 aromatic carbocycles. The van der Waals surface area contributed by atoms with Crippen molar-refractivity contribution in [2.75, 3.05) is 19.3 Å². The topological polar surface area (TPSA) is 37.4 Å². The Labute approximate surface area is 80.3 Å². The van der Waals surface area contributed by atoms with Crippen LogP contribution in [-0.4, -0.2) is 44.0 Å². The smallest absolute Gasteiger partial charge is 0.151 e. The summed E-state index contributed by atoms with van der Waals surface area (Å²) in [5, 5.41) is -0.171. The Bertz CT molecular complexity index is 284. The minimum Gasteiger partial charge on any atom is -0.296 e. The lowest BCUT2D eigenvalue weighted by molar-refractivity contribution is 0.300. The number of hydrogen-bond donors (Lipinski definition) is 0. The van der Waals surface area contributed by atoms with Crippen LogP contribution in [0.2, 0.25) is 0 Å². The van der Waals surface area contributed by atoms with Crippen molar-refractivity contribution in [1.82, 2.24) is 4.90 Å². The number of nitrogens with zero attached hydrogens (tertiary/aromatic N) is 1. The fraction of sp³-hybridized carbons (Fsp3) is 0.778. The average molecular weight is 203 g/mol. The van der Waals surface area contributed by atoms with Crippen molar-refractivity contribution in [2.45, 2.75) is 24.6 Å². The maximum atomic E-state index is 11.2. The number of rotatable bonds is 3. The van der Waals surface area contributed by atoms with Crippen molar-refractivity contribution in [3.63, 3.8) is 0 Å². The van der Waals surface area contributed by atoms with Gasteiger partial charge in [-0.25, -0.2) is 8.42 Å². The first-order valence-corrected chi connectivity index (χ1v) is 6.46. The first-order chi connectivity index (χ1) is 5.95.